The molecule has 0 amide bonds. The van der Waals surface area contributed by atoms with Gasteiger partial charge in [0.05, 0.1) is 14.2 Å². The number of hydrogen-bond donors (Lipinski definition) is 2. The van der Waals surface area contributed by atoms with E-state index in [4.69, 9.17) is 9.47 Å². The third kappa shape index (κ3) is 2.53. The number of carboxylic acids is 1. The van der Waals surface area contributed by atoms with E-state index in [9.17, 15) is 15.0 Å². The Morgan fingerprint density at radius 3 is 2.38 bits per heavy atom. The maximum Gasteiger partial charge on any atom is 0.345 e. The molecule has 1 aromatic carbocycles. The van der Waals surface area contributed by atoms with Gasteiger partial charge >= 0.3 is 5.97 Å². The maximum absolute atomic E-state index is 11.6. The van der Waals surface area contributed by atoms with Gasteiger partial charge in [0.15, 0.2) is 11.5 Å². The number of ether oxygens (including phenoxy) is 2. The molecule has 0 aliphatic rings. The summed E-state index contributed by atoms with van der Waals surface area (Å²) in [6.07, 6.45) is 2.81. The summed E-state index contributed by atoms with van der Waals surface area (Å²) in [7, 11) is 2.91. The van der Waals surface area contributed by atoms with Crippen LogP contribution in [-0.2, 0) is 10.4 Å². The fourth-order valence-corrected chi connectivity index (χ4v) is 2.05. The zero-order valence-electron chi connectivity index (χ0n) is 11.6. The Labute approximate surface area is 121 Å². The number of methoxy groups -OCH3 is 2. The first kappa shape index (κ1) is 14.8. The Kier molecular flexibility index (Phi) is 4.09. The van der Waals surface area contributed by atoms with Gasteiger partial charge in [-0.3, -0.25) is 4.98 Å². The number of aliphatic carboxylic acids is 1. The van der Waals surface area contributed by atoms with Crippen LogP contribution in [0, 0.1) is 0 Å². The SMILES string of the molecule is COc1ccc([C@](O)(C(=O)O)c2cccnc2)cc1OC. The van der Waals surface area contributed by atoms with Gasteiger partial charge in [-0.2, -0.15) is 0 Å². The van der Waals surface area contributed by atoms with E-state index in [-0.39, 0.29) is 11.1 Å². The van der Waals surface area contributed by atoms with E-state index >= 15 is 0 Å². The second-order valence-corrected chi connectivity index (χ2v) is 4.33. The van der Waals surface area contributed by atoms with Crippen LogP contribution in [0.5, 0.6) is 11.5 Å². The number of rotatable bonds is 5. The summed E-state index contributed by atoms with van der Waals surface area (Å²) < 4.78 is 10.2. The van der Waals surface area contributed by atoms with Crippen LogP contribution in [0.4, 0.5) is 0 Å². The van der Waals surface area contributed by atoms with Gasteiger partial charge in [0.1, 0.15) is 0 Å². The second-order valence-electron chi connectivity index (χ2n) is 4.33. The molecule has 0 unspecified atom stereocenters. The Balaban J connectivity index is 2.61. The quantitative estimate of drug-likeness (QED) is 0.865. The van der Waals surface area contributed by atoms with Crippen molar-refractivity contribution in [1.82, 2.24) is 4.98 Å². The molecular formula is C15H15NO5. The van der Waals surface area contributed by atoms with E-state index in [0.29, 0.717) is 11.5 Å². The van der Waals surface area contributed by atoms with Crippen LogP contribution in [0.1, 0.15) is 11.1 Å². The van der Waals surface area contributed by atoms with Crippen LogP contribution < -0.4 is 9.47 Å². The monoisotopic (exact) mass is 289 g/mol. The van der Waals surface area contributed by atoms with Crippen molar-refractivity contribution in [3.8, 4) is 11.5 Å². The average molecular weight is 289 g/mol. The molecule has 0 radical (unpaired) electrons. The number of hydrogen-bond acceptors (Lipinski definition) is 5. The molecule has 6 heteroatoms. The summed E-state index contributed by atoms with van der Waals surface area (Å²) in [5, 5.41) is 20.2. The lowest BCUT2D eigenvalue weighted by Gasteiger charge is -2.24. The van der Waals surface area contributed by atoms with Crippen LogP contribution in [0.2, 0.25) is 0 Å². The molecule has 0 saturated heterocycles. The van der Waals surface area contributed by atoms with Crippen molar-refractivity contribution in [2.75, 3.05) is 14.2 Å². The molecule has 0 aliphatic heterocycles. The van der Waals surface area contributed by atoms with Gasteiger partial charge < -0.3 is 19.7 Å². The highest BCUT2D eigenvalue weighted by Crippen LogP contribution is 2.35. The minimum Gasteiger partial charge on any atom is -0.493 e. The van der Waals surface area contributed by atoms with Crippen molar-refractivity contribution < 1.29 is 24.5 Å². The minimum absolute atomic E-state index is 0.153. The molecule has 6 nitrogen and oxygen atoms in total. The predicted octanol–water partition coefficient (Wildman–Crippen LogP) is 1.42. The molecule has 0 aliphatic carbocycles. The van der Waals surface area contributed by atoms with Gasteiger partial charge in [-0.25, -0.2) is 4.79 Å². The molecule has 1 aromatic heterocycles. The van der Waals surface area contributed by atoms with E-state index in [0.717, 1.165) is 0 Å². The number of aromatic nitrogens is 1. The minimum atomic E-state index is -2.21. The van der Waals surface area contributed by atoms with E-state index in [2.05, 4.69) is 4.98 Å². The summed E-state index contributed by atoms with van der Waals surface area (Å²) in [6.45, 7) is 0. The first-order chi connectivity index (χ1) is 10.0. The lowest BCUT2D eigenvalue weighted by Crippen LogP contribution is -2.36. The van der Waals surface area contributed by atoms with Gasteiger partial charge in [-0.1, -0.05) is 12.1 Å². The van der Waals surface area contributed by atoms with Crippen LogP contribution in [0.25, 0.3) is 0 Å². The molecule has 1 heterocycles. The first-order valence-corrected chi connectivity index (χ1v) is 6.12. The fraction of sp³-hybridized carbons (Fsp3) is 0.200. The van der Waals surface area contributed by atoms with Crippen molar-refractivity contribution in [2.45, 2.75) is 5.60 Å². The Hall–Kier alpha value is -2.60. The number of carbonyl (C=O) groups is 1. The van der Waals surface area contributed by atoms with Crippen LogP contribution in [0.15, 0.2) is 42.7 Å². The van der Waals surface area contributed by atoms with Crippen molar-refractivity contribution in [3.63, 3.8) is 0 Å². The standard InChI is InChI=1S/C15H15NO5/c1-20-12-6-5-10(8-13(12)21-2)15(19,14(17)18)11-4-3-7-16-9-11/h3-9,19H,1-2H3,(H,17,18)/t15-/m1/s1. The molecule has 0 spiro atoms. The number of carboxylic acid groups (broad SMARTS) is 1. The van der Waals surface area contributed by atoms with Crippen LogP contribution in [0.3, 0.4) is 0 Å². The van der Waals surface area contributed by atoms with Gasteiger partial charge in [0.25, 0.3) is 0 Å². The Morgan fingerprint density at radius 2 is 1.86 bits per heavy atom. The molecule has 2 aromatic rings. The van der Waals surface area contributed by atoms with Crippen molar-refractivity contribution in [1.29, 1.82) is 0 Å². The topological polar surface area (TPSA) is 88.9 Å². The van der Waals surface area contributed by atoms with Crippen molar-refractivity contribution in [3.05, 3.63) is 53.9 Å². The summed E-state index contributed by atoms with van der Waals surface area (Å²) in [6, 6.07) is 7.50. The highest BCUT2D eigenvalue weighted by atomic mass is 16.5. The smallest absolute Gasteiger partial charge is 0.345 e. The summed E-state index contributed by atoms with van der Waals surface area (Å²) in [4.78, 5) is 15.5. The molecule has 2 rings (SSSR count). The van der Waals surface area contributed by atoms with E-state index in [1.54, 1.807) is 12.1 Å². The predicted molar refractivity (Wildman–Crippen MR) is 74.4 cm³/mol. The maximum atomic E-state index is 11.6. The lowest BCUT2D eigenvalue weighted by molar-refractivity contribution is -0.155. The summed E-state index contributed by atoms with van der Waals surface area (Å²) in [5.41, 5.74) is -1.90. The zero-order chi connectivity index (χ0) is 15.5. The molecule has 0 saturated carbocycles. The highest BCUT2D eigenvalue weighted by molar-refractivity contribution is 5.83. The van der Waals surface area contributed by atoms with E-state index < -0.39 is 11.6 Å². The Morgan fingerprint density at radius 1 is 1.14 bits per heavy atom. The Bertz CT molecular complexity index is 644. The number of pyridine rings is 1. The molecule has 1 atom stereocenters. The largest absolute Gasteiger partial charge is 0.493 e. The summed E-state index contributed by atoms with van der Waals surface area (Å²) in [5.74, 6) is -0.624. The van der Waals surface area contributed by atoms with Gasteiger partial charge in [-0.05, 0) is 18.2 Å². The lowest BCUT2D eigenvalue weighted by atomic mass is 9.87. The molecule has 21 heavy (non-hydrogen) atoms. The second kappa shape index (κ2) is 5.80. The van der Waals surface area contributed by atoms with Crippen molar-refractivity contribution >= 4 is 5.97 Å². The van der Waals surface area contributed by atoms with Gasteiger partial charge in [0.2, 0.25) is 5.60 Å². The van der Waals surface area contributed by atoms with Crippen LogP contribution in [-0.4, -0.2) is 35.4 Å². The van der Waals surface area contributed by atoms with Crippen molar-refractivity contribution in [2.24, 2.45) is 0 Å². The van der Waals surface area contributed by atoms with E-state index in [1.807, 2.05) is 0 Å². The van der Waals surface area contributed by atoms with Gasteiger partial charge in [0, 0.05) is 23.5 Å². The first-order valence-electron chi connectivity index (χ1n) is 6.12. The average Bonchev–Trinajstić information content (AvgIpc) is 2.53. The highest BCUT2D eigenvalue weighted by Gasteiger charge is 2.41. The molecule has 0 fully saturated rings. The normalized spacial score (nSPS) is 13.3. The number of benzene rings is 1. The molecule has 110 valence electrons. The number of aliphatic hydroxyl groups is 1. The molecule has 0 bridgehead atoms. The zero-order valence-corrected chi connectivity index (χ0v) is 11.6. The molecule has 2 N–H and O–H groups in total. The third-order valence-electron chi connectivity index (χ3n) is 3.19. The fourth-order valence-electron chi connectivity index (χ4n) is 2.05. The van der Waals surface area contributed by atoms with E-state index in [1.165, 1.54) is 44.8 Å². The summed E-state index contributed by atoms with van der Waals surface area (Å²) >= 11 is 0. The van der Waals surface area contributed by atoms with Gasteiger partial charge in [-0.15, -0.1) is 0 Å². The third-order valence-corrected chi connectivity index (χ3v) is 3.19. The van der Waals surface area contributed by atoms with Crippen LogP contribution >= 0.6 is 0 Å². The molecular weight excluding hydrogens is 274 g/mol. The number of nitrogens with zero attached hydrogens (tertiary/aromatic N) is 1.